The van der Waals surface area contributed by atoms with Gasteiger partial charge in [-0.3, -0.25) is 9.79 Å². The molecule has 2 N–H and O–H groups in total. The second-order valence-corrected chi connectivity index (χ2v) is 3.72. The fourth-order valence-corrected chi connectivity index (χ4v) is 1.49. The summed E-state index contributed by atoms with van der Waals surface area (Å²) in [6.45, 7) is 0.364. The summed E-state index contributed by atoms with van der Waals surface area (Å²) in [6, 6.07) is 3.98. The Morgan fingerprint density at radius 3 is 3.19 bits per heavy atom. The van der Waals surface area contributed by atoms with Gasteiger partial charge in [-0.05, 0) is 29.7 Å². The highest BCUT2D eigenvalue weighted by atomic mass is 32.1. The molecule has 16 heavy (non-hydrogen) atoms. The summed E-state index contributed by atoms with van der Waals surface area (Å²) in [4.78, 5) is 14.7. The summed E-state index contributed by atoms with van der Waals surface area (Å²) in [5, 5.41) is 2.00. The highest BCUT2D eigenvalue weighted by Gasteiger charge is 1.85. The minimum atomic E-state index is 0.0158. The molecule has 0 saturated carbocycles. The number of rotatable bonds is 6. The van der Waals surface area contributed by atoms with Crippen LogP contribution in [0.25, 0.3) is 6.08 Å². The van der Waals surface area contributed by atoms with Crippen molar-refractivity contribution in [2.24, 2.45) is 10.7 Å². The minimum Gasteiger partial charge on any atom is -0.445 e. The van der Waals surface area contributed by atoms with Crippen LogP contribution in [-0.4, -0.2) is 19.4 Å². The second-order valence-electron chi connectivity index (χ2n) is 2.74. The van der Waals surface area contributed by atoms with E-state index in [2.05, 4.69) is 9.73 Å². The van der Waals surface area contributed by atoms with Gasteiger partial charge in [0.05, 0.1) is 0 Å². The maximum Gasteiger partial charge on any atom is 0.294 e. The van der Waals surface area contributed by atoms with E-state index in [1.54, 1.807) is 23.5 Å². The van der Waals surface area contributed by atoms with Gasteiger partial charge in [-0.1, -0.05) is 6.07 Å². The molecule has 5 heteroatoms. The molecule has 1 aromatic heterocycles. The average Bonchev–Trinajstić information content (AvgIpc) is 2.79. The number of aliphatic imine (C=N–C) groups is 1. The molecular weight excluding hydrogens is 224 g/mol. The molecule has 0 aliphatic carbocycles. The van der Waals surface area contributed by atoms with Crippen LogP contribution in [0.1, 0.15) is 4.88 Å². The van der Waals surface area contributed by atoms with Crippen LogP contribution in [0, 0.1) is 0 Å². The number of carbonyl (C=O) groups excluding carboxylic acids is 1. The van der Waals surface area contributed by atoms with Crippen molar-refractivity contribution in [2.75, 3.05) is 6.73 Å². The Kier molecular flexibility index (Phi) is 5.65. The van der Waals surface area contributed by atoms with Crippen molar-refractivity contribution in [3.8, 4) is 0 Å². The molecule has 84 valence electrons. The van der Waals surface area contributed by atoms with Crippen molar-refractivity contribution in [1.82, 2.24) is 0 Å². The number of allylic oxidation sites excluding steroid dienone is 2. The number of nitrogens with zero attached hydrogens (tertiary/aromatic N) is 1. The van der Waals surface area contributed by atoms with Gasteiger partial charge in [0.1, 0.15) is 0 Å². The largest absolute Gasteiger partial charge is 0.445 e. The maximum atomic E-state index is 9.79. The van der Waals surface area contributed by atoms with Gasteiger partial charge in [0.2, 0.25) is 0 Å². The van der Waals surface area contributed by atoms with Crippen molar-refractivity contribution in [3.63, 3.8) is 0 Å². The zero-order valence-electron chi connectivity index (χ0n) is 8.58. The first-order chi connectivity index (χ1) is 7.83. The molecule has 1 aromatic rings. The maximum absolute atomic E-state index is 9.79. The molecule has 0 radical (unpaired) electrons. The number of carbonyl (C=O) groups is 1. The van der Waals surface area contributed by atoms with E-state index in [-0.39, 0.29) is 6.73 Å². The first-order valence-corrected chi connectivity index (χ1v) is 5.43. The Morgan fingerprint density at radius 2 is 2.50 bits per heavy atom. The molecule has 0 atom stereocenters. The molecule has 0 aliphatic heterocycles. The van der Waals surface area contributed by atoms with Crippen LogP contribution in [-0.2, 0) is 9.53 Å². The zero-order valence-corrected chi connectivity index (χ0v) is 9.39. The monoisotopic (exact) mass is 236 g/mol. The predicted molar refractivity (Wildman–Crippen MR) is 66.1 cm³/mol. The Bertz CT molecular complexity index is 394. The van der Waals surface area contributed by atoms with E-state index < -0.39 is 0 Å². The first-order valence-electron chi connectivity index (χ1n) is 4.55. The van der Waals surface area contributed by atoms with Gasteiger partial charge in [0.25, 0.3) is 6.47 Å². The lowest BCUT2D eigenvalue weighted by Crippen LogP contribution is -1.93. The van der Waals surface area contributed by atoms with Crippen LogP contribution in [0.15, 0.2) is 40.4 Å². The van der Waals surface area contributed by atoms with Gasteiger partial charge in [-0.2, -0.15) is 0 Å². The predicted octanol–water partition coefficient (Wildman–Crippen LogP) is 1.81. The van der Waals surface area contributed by atoms with Crippen molar-refractivity contribution in [1.29, 1.82) is 0 Å². The molecule has 1 rings (SSSR count). The molecule has 1 heterocycles. The highest BCUT2D eigenvalue weighted by Crippen LogP contribution is 2.10. The SMILES string of the molecule is NC(=C\C=N\COC=O)/C=C/c1cccs1. The topological polar surface area (TPSA) is 64.7 Å². The van der Waals surface area contributed by atoms with Gasteiger partial charge in [0.15, 0.2) is 6.73 Å². The summed E-state index contributed by atoms with van der Waals surface area (Å²) >= 11 is 1.64. The van der Waals surface area contributed by atoms with Crippen LogP contribution in [0.5, 0.6) is 0 Å². The third-order valence-corrected chi connectivity index (χ3v) is 2.41. The number of hydrogen-bond acceptors (Lipinski definition) is 5. The molecule has 0 unspecified atom stereocenters. The first kappa shape index (κ1) is 12.2. The van der Waals surface area contributed by atoms with E-state index >= 15 is 0 Å². The van der Waals surface area contributed by atoms with Gasteiger partial charge >= 0.3 is 0 Å². The molecule has 0 aliphatic rings. The highest BCUT2D eigenvalue weighted by molar-refractivity contribution is 7.10. The second kappa shape index (κ2) is 7.42. The Labute approximate surface area is 97.8 Å². The quantitative estimate of drug-likeness (QED) is 0.354. The fraction of sp³-hybridized carbons (Fsp3) is 0.0909. The lowest BCUT2D eigenvalue weighted by Gasteiger charge is -1.90. The van der Waals surface area contributed by atoms with E-state index in [4.69, 9.17) is 5.73 Å². The van der Waals surface area contributed by atoms with Crippen LogP contribution in [0.2, 0.25) is 0 Å². The normalized spacial score (nSPS) is 12.4. The summed E-state index contributed by atoms with van der Waals surface area (Å²) in [5.41, 5.74) is 6.27. The van der Waals surface area contributed by atoms with Crippen molar-refractivity contribution in [2.45, 2.75) is 0 Å². The average molecular weight is 236 g/mol. The number of nitrogens with two attached hydrogens (primary N) is 1. The molecule has 0 amide bonds. The van der Waals surface area contributed by atoms with E-state index in [0.717, 1.165) is 4.88 Å². The van der Waals surface area contributed by atoms with Gasteiger partial charge in [-0.15, -0.1) is 11.3 Å². The lowest BCUT2D eigenvalue weighted by atomic mass is 10.3. The minimum absolute atomic E-state index is 0.0158. The molecule has 0 fully saturated rings. The van der Waals surface area contributed by atoms with Crippen LogP contribution in [0.3, 0.4) is 0 Å². The summed E-state index contributed by atoms with van der Waals surface area (Å²) in [7, 11) is 0. The van der Waals surface area contributed by atoms with Gasteiger partial charge in [-0.25, -0.2) is 0 Å². The number of thiophene rings is 1. The molecule has 0 bridgehead atoms. The van der Waals surface area contributed by atoms with Gasteiger partial charge in [0, 0.05) is 16.8 Å². The number of hydrogen-bond donors (Lipinski definition) is 1. The van der Waals surface area contributed by atoms with E-state index in [1.807, 2.05) is 23.6 Å². The lowest BCUT2D eigenvalue weighted by molar-refractivity contribution is -0.128. The van der Waals surface area contributed by atoms with Gasteiger partial charge < -0.3 is 10.5 Å². The Hall–Kier alpha value is -1.88. The molecular formula is C11H12N2O2S. The summed E-state index contributed by atoms with van der Waals surface area (Å²) in [5.74, 6) is 0. The van der Waals surface area contributed by atoms with Crippen LogP contribution >= 0.6 is 11.3 Å². The van der Waals surface area contributed by atoms with E-state index in [9.17, 15) is 4.79 Å². The summed E-state index contributed by atoms with van der Waals surface area (Å²) < 4.78 is 4.37. The smallest absolute Gasteiger partial charge is 0.294 e. The molecule has 4 nitrogen and oxygen atoms in total. The Morgan fingerprint density at radius 1 is 1.62 bits per heavy atom. The van der Waals surface area contributed by atoms with Crippen molar-refractivity contribution >= 4 is 30.1 Å². The van der Waals surface area contributed by atoms with Crippen LogP contribution in [0.4, 0.5) is 0 Å². The third kappa shape index (κ3) is 5.11. The molecule has 0 spiro atoms. The third-order valence-electron chi connectivity index (χ3n) is 1.57. The fourth-order valence-electron chi connectivity index (χ4n) is 0.875. The molecule has 0 aromatic carbocycles. The van der Waals surface area contributed by atoms with Crippen molar-refractivity contribution < 1.29 is 9.53 Å². The standard InChI is InChI=1S/C11H12N2O2S/c12-10(5-6-13-8-15-9-14)3-4-11-2-1-7-16-11/h1-7,9H,8,12H2/b4-3+,10-5-,13-6+. The Balaban J connectivity index is 2.39. The zero-order chi connectivity index (χ0) is 11.6. The van der Waals surface area contributed by atoms with E-state index in [0.29, 0.717) is 12.2 Å². The van der Waals surface area contributed by atoms with Crippen LogP contribution < -0.4 is 5.73 Å². The molecule has 0 saturated heterocycles. The van der Waals surface area contributed by atoms with E-state index in [1.165, 1.54) is 6.21 Å². The number of ether oxygens (including phenoxy) is 1. The summed E-state index contributed by atoms with van der Waals surface area (Å²) in [6.07, 6.45) is 6.85. The van der Waals surface area contributed by atoms with Crippen molar-refractivity contribution in [3.05, 3.63) is 40.2 Å².